The second-order valence-electron chi connectivity index (χ2n) is 7.78. The molecule has 0 aliphatic carbocycles. The summed E-state index contributed by atoms with van der Waals surface area (Å²) in [6, 6.07) is 5.00. The zero-order valence-corrected chi connectivity index (χ0v) is 18.0. The van der Waals surface area contributed by atoms with Crippen molar-refractivity contribution >= 4 is 17.3 Å². The van der Waals surface area contributed by atoms with Crippen LogP contribution in [0.4, 0.5) is 11.4 Å². The molecule has 0 aromatic heterocycles. The van der Waals surface area contributed by atoms with Crippen molar-refractivity contribution in [2.24, 2.45) is 5.92 Å². The number of rotatable bonds is 10. The quantitative estimate of drug-likeness (QED) is 0.474. The Morgan fingerprint density at radius 3 is 2.48 bits per heavy atom. The van der Waals surface area contributed by atoms with Gasteiger partial charge in [0.05, 0.1) is 18.1 Å². The molecule has 1 amide bonds. The van der Waals surface area contributed by atoms with Gasteiger partial charge in [0, 0.05) is 37.3 Å². The molecular formula is C21H34N4O4. The summed E-state index contributed by atoms with van der Waals surface area (Å²) in [5.74, 6) is 0.342. The molecule has 1 atom stereocenters. The van der Waals surface area contributed by atoms with Gasteiger partial charge >= 0.3 is 0 Å². The lowest BCUT2D eigenvalue weighted by Gasteiger charge is -2.31. The van der Waals surface area contributed by atoms with Crippen LogP contribution in [0.1, 0.15) is 44.5 Å². The minimum Gasteiger partial charge on any atom is -0.378 e. The molecule has 1 aliphatic heterocycles. The molecule has 162 valence electrons. The third-order valence-electron chi connectivity index (χ3n) is 5.34. The van der Waals surface area contributed by atoms with Crippen molar-refractivity contribution in [3.63, 3.8) is 0 Å². The monoisotopic (exact) mass is 406 g/mol. The largest absolute Gasteiger partial charge is 0.378 e. The zero-order valence-electron chi connectivity index (χ0n) is 18.0. The van der Waals surface area contributed by atoms with Gasteiger partial charge in [0.1, 0.15) is 5.69 Å². The Labute approximate surface area is 173 Å². The predicted molar refractivity (Wildman–Crippen MR) is 114 cm³/mol. The Hall–Kier alpha value is -2.19. The van der Waals surface area contributed by atoms with E-state index in [2.05, 4.69) is 37.9 Å². The predicted octanol–water partition coefficient (Wildman–Crippen LogP) is 3.24. The van der Waals surface area contributed by atoms with E-state index in [-0.39, 0.29) is 11.6 Å². The first-order valence-corrected chi connectivity index (χ1v) is 10.5. The lowest BCUT2D eigenvalue weighted by atomic mass is 10.0. The molecule has 2 rings (SSSR count). The van der Waals surface area contributed by atoms with Gasteiger partial charge in [-0.3, -0.25) is 19.8 Å². The summed E-state index contributed by atoms with van der Waals surface area (Å²) < 4.78 is 5.27. The van der Waals surface area contributed by atoms with Crippen LogP contribution in [-0.4, -0.2) is 72.6 Å². The molecule has 1 N–H and O–H groups in total. The van der Waals surface area contributed by atoms with E-state index in [1.54, 1.807) is 17.0 Å². The topological polar surface area (TPSA) is 88.0 Å². The third-order valence-corrected chi connectivity index (χ3v) is 5.34. The molecule has 0 unspecified atom stereocenters. The second kappa shape index (κ2) is 11.1. The standard InChI is InChI=1S/C21H34N4O4/c1-5-23(6-2)18(13-16(3)4)15-22-19-8-7-17(14-20(19)25(27)28)21(26)24-9-11-29-12-10-24/h7-8,14,16,18,22H,5-6,9-13,15H2,1-4H3/t18-/m1/s1. The number of nitrogens with one attached hydrogen (secondary N) is 1. The molecule has 1 saturated heterocycles. The molecule has 1 fully saturated rings. The van der Waals surface area contributed by atoms with Crippen LogP contribution < -0.4 is 5.32 Å². The summed E-state index contributed by atoms with van der Waals surface area (Å²) in [4.78, 5) is 27.9. The Bertz CT molecular complexity index is 685. The summed E-state index contributed by atoms with van der Waals surface area (Å²) in [6.45, 7) is 13.1. The Balaban J connectivity index is 2.17. The first-order valence-electron chi connectivity index (χ1n) is 10.5. The molecule has 8 nitrogen and oxygen atoms in total. The van der Waals surface area contributed by atoms with Crippen molar-refractivity contribution in [1.82, 2.24) is 9.80 Å². The summed E-state index contributed by atoms with van der Waals surface area (Å²) >= 11 is 0. The number of amides is 1. The van der Waals surface area contributed by atoms with Crippen molar-refractivity contribution in [3.8, 4) is 0 Å². The number of likely N-dealkylation sites (N-methyl/N-ethyl adjacent to an activating group) is 1. The molecule has 29 heavy (non-hydrogen) atoms. The number of hydrogen-bond acceptors (Lipinski definition) is 6. The second-order valence-corrected chi connectivity index (χ2v) is 7.78. The number of nitrogens with zero attached hydrogens (tertiary/aromatic N) is 3. The van der Waals surface area contributed by atoms with Gasteiger partial charge in [-0.15, -0.1) is 0 Å². The van der Waals surface area contributed by atoms with Crippen molar-refractivity contribution < 1.29 is 14.5 Å². The van der Waals surface area contributed by atoms with Gasteiger partial charge in [0.25, 0.3) is 11.6 Å². The van der Waals surface area contributed by atoms with Crippen LogP contribution in [-0.2, 0) is 4.74 Å². The van der Waals surface area contributed by atoms with Gasteiger partial charge in [0.2, 0.25) is 0 Å². The number of carbonyl (C=O) groups is 1. The van der Waals surface area contributed by atoms with E-state index >= 15 is 0 Å². The van der Waals surface area contributed by atoms with Crippen LogP contribution in [0.25, 0.3) is 0 Å². The Morgan fingerprint density at radius 1 is 1.28 bits per heavy atom. The van der Waals surface area contributed by atoms with Crippen molar-refractivity contribution in [2.45, 2.75) is 40.2 Å². The summed E-state index contributed by atoms with van der Waals surface area (Å²) in [5.41, 5.74) is 0.730. The van der Waals surface area contributed by atoms with Gasteiger partial charge in [0.15, 0.2) is 0 Å². The number of carbonyl (C=O) groups excluding carboxylic acids is 1. The first kappa shape index (κ1) is 23.1. The molecule has 1 heterocycles. The van der Waals surface area contributed by atoms with Gasteiger partial charge in [-0.1, -0.05) is 27.7 Å². The molecule has 8 heteroatoms. The van der Waals surface area contributed by atoms with Gasteiger partial charge in [-0.05, 0) is 37.6 Å². The lowest BCUT2D eigenvalue weighted by molar-refractivity contribution is -0.384. The summed E-state index contributed by atoms with van der Waals surface area (Å²) in [7, 11) is 0. The number of hydrogen-bond donors (Lipinski definition) is 1. The van der Waals surface area contributed by atoms with Crippen LogP contribution in [0.3, 0.4) is 0 Å². The molecule has 1 aromatic rings. The van der Waals surface area contributed by atoms with Crippen molar-refractivity contribution in [3.05, 3.63) is 33.9 Å². The summed E-state index contributed by atoms with van der Waals surface area (Å²) in [5, 5.41) is 14.9. The Kier molecular flexibility index (Phi) is 8.85. The number of ether oxygens (including phenoxy) is 1. The van der Waals surface area contributed by atoms with E-state index in [0.29, 0.717) is 56.1 Å². The number of benzene rings is 1. The molecule has 1 aromatic carbocycles. The van der Waals surface area contributed by atoms with E-state index in [1.807, 2.05) is 0 Å². The number of nitro groups is 1. The average molecular weight is 407 g/mol. The maximum absolute atomic E-state index is 12.7. The molecule has 0 radical (unpaired) electrons. The SMILES string of the molecule is CCN(CC)[C@@H](CNc1ccc(C(=O)N2CCOCC2)cc1[N+](=O)[O-])CC(C)C. The van der Waals surface area contributed by atoms with Crippen LogP contribution in [0.15, 0.2) is 18.2 Å². The van der Waals surface area contributed by atoms with E-state index in [1.165, 1.54) is 6.07 Å². The average Bonchev–Trinajstić information content (AvgIpc) is 2.72. The maximum Gasteiger partial charge on any atom is 0.293 e. The van der Waals surface area contributed by atoms with E-state index in [9.17, 15) is 14.9 Å². The highest BCUT2D eigenvalue weighted by Gasteiger charge is 2.24. The van der Waals surface area contributed by atoms with Crippen molar-refractivity contribution in [1.29, 1.82) is 0 Å². The third kappa shape index (κ3) is 6.40. The minimum atomic E-state index is -0.423. The van der Waals surface area contributed by atoms with Crippen LogP contribution in [0.5, 0.6) is 0 Å². The van der Waals surface area contributed by atoms with Crippen LogP contribution >= 0.6 is 0 Å². The maximum atomic E-state index is 12.7. The first-order chi connectivity index (χ1) is 13.9. The van der Waals surface area contributed by atoms with E-state index < -0.39 is 4.92 Å². The molecule has 1 aliphatic rings. The number of nitro benzene ring substituents is 1. The minimum absolute atomic E-state index is 0.0630. The Morgan fingerprint density at radius 2 is 1.93 bits per heavy atom. The van der Waals surface area contributed by atoms with Gasteiger partial charge < -0.3 is 15.0 Å². The normalized spacial score (nSPS) is 15.6. The summed E-state index contributed by atoms with van der Waals surface area (Å²) in [6.07, 6.45) is 1.01. The lowest BCUT2D eigenvalue weighted by Crippen LogP contribution is -2.41. The molecule has 0 saturated carbocycles. The fourth-order valence-corrected chi connectivity index (χ4v) is 3.79. The van der Waals surface area contributed by atoms with Crippen LogP contribution in [0, 0.1) is 16.0 Å². The highest BCUT2D eigenvalue weighted by molar-refractivity contribution is 5.95. The molecule has 0 spiro atoms. The van der Waals surface area contributed by atoms with Crippen molar-refractivity contribution in [2.75, 3.05) is 51.3 Å². The number of morpholine rings is 1. The van der Waals surface area contributed by atoms with Crippen LogP contribution in [0.2, 0.25) is 0 Å². The molecular weight excluding hydrogens is 372 g/mol. The number of anilines is 1. The van der Waals surface area contributed by atoms with Gasteiger partial charge in [-0.25, -0.2) is 0 Å². The highest BCUT2D eigenvalue weighted by atomic mass is 16.6. The van der Waals surface area contributed by atoms with E-state index in [0.717, 1.165) is 19.5 Å². The fraction of sp³-hybridized carbons (Fsp3) is 0.667. The van der Waals surface area contributed by atoms with E-state index in [4.69, 9.17) is 4.74 Å². The smallest absolute Gasteiger partial charge is 0.293 e. The highest BCUT2D eigenvalue weighted by Crippen LogP contribution is 2.27. The molecule has 0 bridgehead atoms. The fourth-order valence-electron chi connectivity index (χ4n) is 3.79. The van der Waals surface area contributed by atoms with Gasteiger partial charge in [-0.2, -0.15) is 0 Å². The zero-order chi connectivity index (χ0) is 21.4.